The Morgan fingerprint density at radius 2 is 2.00 bits per heavy atom. The Balaban J connectivity index is 2.34. The summed E-state index contributed by atoms with van der Waals surface area (Å²) in [6.07, 6.45) is 0. The van der Waals surface area contributed by atoms with Gasteiger partial charge in [-0.1, -0.05) is 12.1 Å². The molecule has 1 heterocycles. The number of rotatable bonds is 4. The standard InChI is InChI=1S/C13H16N2O2S2/c1-10(13-7-4-8-18-13)15(2)19(16,17)12-6-3-5-11(14)9-12/h3-10H,14H2,1-2H3. The van der Waals surface area contributed by atoms with Crippen LogP contribution >= 0.6 is 11.3 Å². The Kier molecular flexibility index (Phi) is 3.93. The van der Waals surface area contributed by atoms with Crippen LogP contribution in [0.25, 0.3) is 0 Å². The minimum absolute atomic E-state index is 0.202. The van der Waals surface area contributed by atoms with Crippen molar-refractivity contribution in [3.05, 3.63) is 46.7 Å². The summed E-state index contributed by atoms with van der Waals surface area (Å²) in [6, 6.07) is 9.99. The molecule has 0 saturated heterocycles. The molecule has 0 aliphatic heterocycles. The summed E-state index contributed by atoms with van der Waals surface area (Å²) in [6.45, 7) is 1.87. The zero-order chi connectivity index (χ0) is 14.0. The highest BCUT2D eigenvalue weighted by Crippen LogP contribution is 2.28. The smallest absolute Gasteiger partial charge is 0.243 e. The lowest BCUT2D eigenvalue weighted by atomic mass is 10.3. The van der Waals surface area contributed by atoms with E-state index >= 15 is 0 Å². The first-order chi connectivity index (χ1) is 8.93. The molecule has 0 fully saturated rings. The maximum Gasteiger partial charge on any atom is 0.243 e. The predicted octanol–water partition coefficient (Wildman–Crippen LogP) is 2.71. The van der Waals surface area contributed by atoms with Gasteiger partial charge in [-0.2, -0.15) is 4.31 Å². The third-order valence-electron chi connectivity index (χ3n) is 3.04. The van der Waals surface area contributed by atoms with E-state index in [0.717, 1.165) is 4.88 Å². The van der Waals surface area contributed by atoms with Crippen LogP contribution in [0.2, 0.25) is 0 Å². The van der Waals surface area contributed by atoms with Crippen LogP contribution in [0.4, 0.5) is 5.69 Å². The van der Waals surface area contributed by atoms with E-state index in [1.807, 2.05) is 24.4 Å². The Morgan fingerprint density at radius 1 is 1.26 bits per heavy atom. The van der Waals surface area contributed by atoms with Gasteiger partial charge in [0.1, 0.15) is 0 Å². The number of sulfonamides is 1. The van der Waals surface area contributed by atoms with Gasteiger partial charge in [-0.05, 0) is 36.6 Å². The predicted molar refractivity (Wildman–Crippen MR) is 78.5 cm³/mol. The van der Waals surface area contributed by atoms with Crippen LogP contribution < -0.4 is 5.73 Å². The van der Waals surface area contributed by atoms with E-state index < -0.39 is 10.0 Å². The average molecular weight is 296 g/mol. The summed E-state index contributed by atoms with van der Waals surface area (Å²) < 4.78 is 26.4. The van der Waals surface area contributed by atoms with Gasteiger partial charge in [0.05, 0.1) is 10.9 Å². The Labute approximate surface area is 117 Å². The summed E-state index contributed by atoms with van der Waals surface area (Å²) in [4.78, 5) is 1.23. The van der Waals surface area contributed by atoms with Gasteiger partial charge in [0.2, 0.25) is 10.0 Å². The molecule has 1 unspecified atom stereocenters. The second-order valence-corrected chi connectivity index (χ2v) is 7.26. The molecular formula is C13H16N2O2S2. The maximum absolute atomic E-state index is 12.5. The zero-order valence-corrected chi connectivity index (χ0v) is 12.4. The molecule has 0 saturated carbocycles. The number of nitrogen functional groups attached to an aromatic ring is 1. The van der Waals surface area contributed by atoms with E-state index in [-0.39, 0.29) is 10.9 Å². The fourth-order valence-electron chi connectivity index (χ4n) is 1.76. The van der Waals surface area contributed by atoms with Crippen molar-refractivity contribution in [3.8, 4) is 0 Å². The first kappa shape index (κ1) is 14.0. The molecule has 6 heteroatoms. The lowest BCUT2D eigenvalue weighted by Crippen LogP contribution is -2.29. The molecular weight excluding hydrogens is 280 g/mol. The number of hydrogen-bond acceptors (Lipinski definition) is 4. The zero-order valence-electron chi connectivity index (χ0n) is 10.8. The topological polar surface area (TPSA) is 63.4 Å². The van der Waals surface area contributed by atoms with Crippen molar-refractivity contribution in [2.24, 2.45) is 0 Å². The summed E-state index contributed by atoms with van der Waals surface area (Å²) in [5.74, 6) is 0. The summed E-state index contributed by atoms with van der Waals surface area (Å²) >= 11 is 1.54. The molecule has 1 aromatic carbocycles. The quantitative estimate of drug-likeness (QED) is 0.882. The van der Waals surface area contributed by atoms with Gasteiger partial charge in [-0.25, -0.2) is 8.42 Å². The molecule has 19 heavy (non-hydrogen) atoms. The number of nitrogens with two attached hydrogens (primary N) is 1. The minimum Gasteiger partial charge on any atom is -0.399 e. The summed E-state index contributed by atoms with van der Waals surface area (Å²) in [5.41, 5.74) is 6.09. The van der Waals surface area contributed by atoms with Gasteiger partial charge < -0.3 is 5.73 Å². The summed E-state index contributed by atoms with van der Waals surface area (Å²) in [5, 5.41) is 1.94. The molecule has 0 spiro atoms. The average Bonchev–Trinajstić information content (AvgIpc) is 2.90. The lowest BCUT2D eigenvalue weighted by molar-refractivity contribution is 0.403. The number of hydrogen-bond donors (Lipinski definition) is 1. The molecule has 0 aliphatic rings. The molecule has 0 bridgehead atoms. The van der Waals surface area contributed by atoms with Crippen LogP contribution in [-0.2, 0) is 10.0 Å². The highest BCUT2D eigenvalue weighted by molar-refractivity contribution is 7.89. The molecule has 0 radical (unpaired) electrons. The van der Waals surface area contributed by atoms with Crippen LogP contribution in [0.5, 0.6) is 0 Å². The van der Waals surface area contributed by atoms with Crippen molar-refractivity contribution in [1.82, 2.24) is 4.31 Å². The number of nitrogens with zero attached hydrogens (tertiary/aromatic N) is 1. The highest BCUT2D eigenvalue weighted by Gasteiger charge is 2.26. The fraction of sp³-hybridized carbons (Fsp3) is 0.231. The van der Waals surface area contributed by atoms with Crippen molar-refractivity contribution in [2.45, 2.75) is 17.9 Å². The molecule has 102 valence electrons. The van der Waals surface area contributed by atoms with Gasteiger partial charge in [0, 0.05) is 17.6 Å². The van der Waals surface area contributed by atoms with Gasteiger partial charge in [0.15, 0.2) is 0 Å². The van der Waals surface area contributed by atoms with E-state index in [2.05, 4.69) is 0 Å². The van der Waals surface area contributed by atoms with Gasteiger partial charge in [-0.15, -0.1) is 11.3 Å². The van der Waals surface area contributed by atoms with Crippen molar-refractivity contribution < 1.29 is 8.42 Å². The van der Waals surface area contributed by atoms with E-state index in [1.165, 1.54) is 10.4 Å². The maximum atomic E-state index is 12.5. The molecule has 2 aromatic rings. The van der Waals surface area contributed by atoms with Crippen molar-refractivity contribution in [1.29, 1.82) is 0 Å². The summed E-state index contributed by atoms with van der Waals surface area (Å²) in [7, 11) is -1.94. The van der Waals surface area contributed by atoms with Gasteiger partial charge in [-0.3, -0.25) is 0 Å². The lowest BCUT2D eigenvalue weighted by Gasteiger charge is -2.23. The van der Waals surface area contributed by atoms with Crippen LogP contribution in [0.3, 0.4) is 0 Å². The van der Waals surface area contributed by atoms with Gasteiger partial charge >= 0.3 is 0 Å². The Bertz CT molecular complexity index is 651. The van der Waals surface area contributed by atoms with E-state index in [9.17, 15) is 8.42 Å². The number of benzene rings is 1. The second-order valence-electron chi connectivity index (χ2n) is 4.29. The van der Waals surface area contributed by atoms with E-state index in [4.69, 9.17) is 5.73 Å². The third kappa shape index (κ3) is 2.80. The van der Waals surface area contributed by atoms with Crippen LogP contribution in [0.1, 0.15) is 17.8 Å². The third-order valence-corrected chi connectivity index (χ3v) is 6.00. The highest BCUT2D eigenvalue weighted by atomic mass is 32.2. The fourth-order valence-corrected chi connectivity index (χ4v) is 4.05. The Morgan fingerprint density at radius 3 is 2.58 bits per heavy atom. The molecule has 2 rings (SSSR count). The van der Waals surface area contributed by atoms with E-state index in [0.29, 0.717) is 5.69 Å². The minimum atomic E-state index is -3.53. The largest absolute Gasteiger partial charge is 0.399 e. The molecule has 1 atom stereocenters. The second kappa shape index (κ2) is 5.32. The van der Waals surface area contributed by atoms with Crippen molar-refractivity contribution in [2.75, 3.05) is 12.8 Å². The molecule has 2 N–H and O–H groups in total. The SMILES string of the molecule is CC(c1cccs1)N(C)S(=O)(=O)c1cccc(N)c1. The first-order valence-electron chi connectivity index (χ1n) is 5.80. The molecule has 4 nitrogen and oxygen atoms in total. The van der Waals surface area contributed by atoms with Crippen molar-refractivity contribution >= 4 is 27.0 Å². The van der Waals surface area contributed by atoms with Gasteiger partial charge in [0.25, 0.3) is 0 Å². The van der Waals surface area contributed by atoms with Crippen molar-refractivity contribution in [3.63, 3.8) is 0 Å². The Hall–Kier alpha value is -1.37. The van der Waals surface area contributed by atoms with E-state index in [1.54, 1.807) is 36.6 Å². The number of thiophene rings is 1. The normalized spacial score (nSPS) is 13.6. The van der Waals surface area contributed by atoms with Crippen LogP contribution in [-0.4, -0.2) is 19.8 Å². The van der Waals surface area contributed by atoms with Crippen LogP contribution in [0.15, 0.2) is 46.7 Å². The molecule has 1 aromatic heterocycles. The number of anilines is 1. The first-order valence-corrected chi connectivity index (χ1v) is 8.12. The monoisotopic (exact) mass is 296 g/mol. The molecule has 0 aliphatic carbocycles. The van der Waals surface area contributed by atoms with Crippen LogP contribution in [0, 0.1) is 0 Å². The molecule has 0 amide bonds.